The number of carboxylic acids is 2. The van der Waals surface area contributed by atoms with Gasteiger partial charge in [0.2, 0.25) is 17.7 Å². The normalized spacial score (nSPS) is 14.1. The van der Waals surface area contributed by atoms with Crippen molar-refractivity contribution in [2.24, 2.45) is 5.73 Å². The number of aliphatic carboxylic acids is 2. The molecule has 9 N–H and O–H groups in total. The molecule has 3 amide bonds. The molecule has 39 heavy (non-hydrogen) atoms. The number of nitrogens with zero attached hydrogens (tertiary/aromatic N) is 1. The zero-order valence-electron chi connectivity index (χ0n) is 20.6. The predicted molar refractivity (Wildman–Crippen MR) is 142 cm³/mol. The molecule has 15 heteroatoms. The van der Waals surface area contributed by atoms with E-state index in [1.54, 1.807) is 6.20 Å². The molecule has 0 saturated heterocycles. The fraction of sp³-hybridized carbons (Fsp3) is 0.333. The number of nitrogens with one attached hydrogen (secondary N) is 5. The molecule has 0 radical (unpaired) electrons. The summed E-state index contributed by atoms with van der Waals surface area (Å²) < 4.78 is 0. The lowest BCUT2D eigenvalue weighted by molar-refractivity contribution is -0.147. The van der Waals surface area contributed by atoms with Gasteiger partial charge in [0.15, 0.2) is 0 Å². The van der Waals surface area contributed by atoms with Crippen LogP contribution in [0.15, 0.2) is 43.0 Å². The first-order valence-electron chi connectivity index (χ1n) is 11.8. The zero-order valence-corrected chi connectivity index (χ0v) is 21.5. The Morgan fingerprint density at radius 1 is 0.923 bits per heavy atom. The molecular weight excluding hydrogens is 530 g/mol. The number of amides is 3. The van der Waals surface area contributed by atoms with Gasteiger partial charge in [-0.2, -0.15) is 12.6 Å². The molecule has 1 aromatic carbocycles. The Morgan fingerprint density at radius 2 is 1.59 bits per heavy atom. The molecule has 2 heterocycles. The summed E-state index contributed by atoms with van der Waals surface area (Å²) in [6.07, 6.45) is 3.72. The number of hydrogen-bond acceptors (Lipinski definition) is 8. The van der Waals surface area contributed by atoms with Crippen molar-refractivity contribution in [2.75, 3.05) is 5.75 Å². The third-order valence-electron chi connectivity index (χ3n) is 5.87. The largest absolute Gasteiger partial charge is 0.481 e. The number of aromatic amines is 2. The fourth-order valence-corrected chi connectivity index (χ4v) is 4.10. The first-order valence-corrected chi connectivity index (χ1v) is 12.5. The van der Waals surface area contributed by atoms with Gasteiger partial charge in [-0.05, 0) is 18.1 Å². The molecule has 4 unspecified atom stereocenters. The van der Waals surface area contributed by atoms with Gasteiger partial charge >= 0.3 is 11.9 Å². The highest BCUT2D eigenvalue weighted by Crippen LogP contribution is 2.18. The van der Waals surface area contributed by atoms with Gasteiger partial charge in [0.25, 0.3) is 0 Å². The van der Waals surface area contributed by atoms with E-state index < -0.39 is 60.2 Å². The quantitative estimate of drug-likeness (QED) is 0.109. The fourth-order valence-electron chi connectivity index (χ4n) is 3.85. The molecule has 0 fully saturated rings. The SMILES string of the molecule is NC(Cc1c[nH]c2ccccc12)C(=O)NC(CS)C(=O)NC(Cc1cnc[nH]1)C(=O)NC(CC(=O)O)C(=O)O. The van der Waals surface area contributed by atoms with Crippen molar-refractivity contribution in [3.05, 3.63) is 54.2 Å². The van der Waals surface area contributed by atoms with Gasteiger partial charge in [0.05, 0.1) is 18.8 Å². The molecule has 3 aromatic rings. The van der Waals surface area contributed by atoms with Crippen molar-refractivity contribution in [1.82, 2.24) is 30.9 Å². The third-order valence-corrected chi connectivity index (χ3v) is 6.24. The third kappa shape index (κ3) is 8.05. The Hall–Kier alpha value is -4.37. The first kappa shape index (κ1) is 29.2. The van der Waals surface area contributed by atoms with Crippen LogP contribution >= 0.6 is 12.6 Å². The topological polar surface area (TPSA) is 232 Å². The monoisotopic (exact) mass is 559 g/mol. The van der Waals surface area contributed by atoms with E-state index in [9.17, 15) is 29.1 Å². The van der Waals surface area contributed by atoms with Crippen LogP contribution in [0.3, 0.4) is 0 Å². The summed E-state index contributed by atoms with van der Waals surface area (Å²) in [6.45, 7) is 0. The van der Waals surface area contributed by atoms with Gasteiger partial charge < -0.3 is 41.9 Å². The number of nitrogens with two attached hydrogens (primary N) is 1. The molecule has 14 nitrogen and oxygen atoms in total. The van der Waals surface area contributed by atoms with Crippen LogP contribution in [-0.4, -0.2) is 84.7 Å². The Labute approximate surface area is 227 Å². The van der Waals surface area contributed by atoms with Gasteiger partial charge in [0, 0.05) is 41.2 Å². The van der Waals surface area contributed by atoms with Gasteiger partial charge in [0.1, 0.15) is 18.1 Å². The van der Waals surface area contributed by atoms with Crippen molar-refractivity contribution in [2.45, 2.75) is 43.4 Å². The summed E-state index contributed by atoms with van der Waals surface area (Å²) >= 11 is 4.14. The lowest BCUT2D eigenvalue weighted by Gasteiger charge is -2.24. The number of carbonyl (C=O) groups excluding carboxylic acids is 3. The molecule has 0 bridgehead atoms. The number of aromatic nitrogens is 3. The van der Waals surface area contributed by atoms with Gasteiger partial charge in [-0.3, -0.25) is 19.2 Å². The highest BCUT2D eigenvalue weighted by Gasteiger charge is 2.31. The van der Waals surface area contributed by atoms with Crippen molar-refractivity contribution in [3.8, 4) is 0 Å². The smallest absolute Gasteiger partial charge is 0.326 e. The predicted octanol–water partition coefficient (Wildman–Crippen LogP) is -1.05. The Bertz CT molecular complexity index is 1330. The van der Waals surface area contributed by atoms with E-state index in [1.165, 1.54) is 12.5 Å². The number of imidazole rings is 1. The molecule has 2 aromatic heterocycles. The molecule has 0 aliphatic rings. The second kappa shape index (κ2) is 13.4. The maximum atomic E-state index is 13.0. The second-order valence-electron chi connectivity index (χ2n) is 8.75. The van der Waals surface area contributed by atoms with Crippen LogP contribution in [0.2, 0.25) is 0 Å². The van der Waals surface area contributed by atoms with E-state index in [1.807, 2.05) is 24.3 Å². The van der Waals surface area contributed by atoms with Crippen LogP contribution in [0, 0.1) is 0 Å². The Balaban J connectivity index is 1.67. The highest BCUT2D eigenvalue weighted by molar-refractivity contribution is 7.80. The van der Waals surface area contributed by atoms with E-state index >= 15 is 0 Å². The molecule has 0 spiro atoms. The Morgan fingerprint density at radius 3 is 2.23 bits per heavy atom. The Kier molecular flexibility index (Phi) is 10.1. The summed E-state index contributed by atoms with van der Waals surface area (Å²) in [5.41, 5.74) is 8.26. The molecule has 0 aliphatic heterocycles. The molecule has 0 aliphatic carbocycles. The second-order valence-corrected chi connectivity index (χ2v) is 9.12. The van der Waals surface area contributed by atoms with Crippen LogP contribution < -0.4 is 21.7 Å². The summed E-state index contributed by atoms with van der Waals surface area (Å²) in [7, 11) is 0. The summed E-state index contributed by atoms with van der Waals surface area (Å²) in [5, 5.41) is 26.2. The average molecular weight is 560 g/mol. The maximum Gasteiger partial charge on any atom is 0.326 e. The van der Waals surface area contributed by atoms with Crippen LogP contribution in [0.5, 0.6) is 0 Å². The maximum absolute atomic E-state index is 13.0. The van der Waals surface area contributed by atoms with Crippen LogP contribution in [-0.2, 0) is 36.8 Å². The minimum Gasteiger partial charge on any atom is -0.481 e. The van der Waals surface area contributed by atoms with Crippen molar-refractivity contribution in [1.29, 1.82) is 0 Å². The molecule has 3 rings (SSSR count). The van der Waals surface area contributed by atoms with Gasteiger partial charge in [-0.1, -0.05) is 18.2 Å². The van der Waals surface area contributed by atoms with Crippen molar-refractivity contribution in [3.63, 3.8) is 0 Å². The number of hydrogen-bond donors (Lipinski definition) is 9. The summed E-state index contributed by atoms with van der Waals surface area (Å²) in [4.78, 5) is 70.8. The number of para-hydroxylation sites is 1. The van der Waals surface area contributed by atoms with Crippen LogP contribution in [0.1, 0.15) is 17.7 Å². The number of H-pyrrole nitrogens is 2. The van der Waals surface area contributed by atoms with E-state index in [2.05, 4.69) is 43.5 Å². The summed E-state index contributed by atoms with van der Waals surface area (Å²) in [6, 6.07) is 2.30. The van der Waals surface area contributed by atoms with E-state index in [-0.39, 0.29) is 18.6 Å². The van der Waals surface area contributed by atoms with E-state index in [4.69, 9.17) is 10.8 Å². The summed E-state index contributed by atoms with van der Waals surface area (Å²) in [5.74, 6) is -5.45. The van der Waals surface area contributed by atoms with Crippen LogP contribution in [0.4, 0.5) is 0 Å². The molecular formula is C24H29N7O7S. The lowest BCUT2D eigenvalue weighted by Crippen LogP contribution is -2.58. The number of rotatable bonds is 14. The van der Waals surface area contributed by atoms with Crippen molar-refractivity contribution >= 4 is 53.2 Å². The molecule has 4 atom stereocenters. The minimum absolute atomic E-state index is 0.121. The minimum atomic E-state index is -1.72. The van der Waals surface area contributed by atoms with E-state index in [0.29, 0.717) is 5.69 Å². The number of thiol groups is 1. The first-order chi connectivity index (χ1) is 18.6. The lowest BCUT2D eigenvalue weighted by atomic mass is 10.0. The standard InChI is InChI=1S/C24H29N7O7S/c25-15(5-12-8-27-16-4-2-1-3-14(12)16)21(34)31-19(10-39)23(36)29-17(6-13-9-26-11-28-13)22(35)30-18(24(37)38)7-20(32)33/h1-4,8-9,11,15,17-19,27,39H,5-7,10,25H2,(H,26,28)(H,29,36)(H,30,35)(H,31,34)(H,32,33)(H,37,38). The van der Waals surface area contributed by atoms with E-state index in [0.717, 1.165) is 16.5 Å². The number of benzene rings is 1. The molecule has 208 valence electrons. The van der Waals surface area contributed by atoms with Crippen molar-refractivity contribution < 1.29 is 34.2 Å². The number of carboxylic acid groups (broad SMARTS) is 2. The van der Waals surface area contributed by atoms with Crippen LogP contribution in [0.25, 0.3) is 10.9 Å². The average Bonchev–Trinajstić information content (AvgIpc) is 3.56. The number of fused-ring (bicyclic) bond motifs is 1. The zero-order chi connectivity index (χ0) is 28.5. The van der Waals surface area contributed by atoms with Gasteiger partial charge in [-0.15, -0.1) is 0 Å². The highest BCUT2D eigenvalue weighted by atomic mass is 32.1. The molecule has 0 saturated carbocycles. The van der Waals surface area contributed by atoms with Gasteiger partial charge in [-0.25, -0.2) is 9.78 Å². The number of carbonyl (C=O) groups is 5.